The molecule has 0 aromatic heterocycles. The summed E-state index contributed by atoms with van der Waals surface area (Å²) in [5, 5.41) is 0. The fourth-order valence-electron chi connectivity index (χ4n) is 5.88. The SMILES string of the molecule is CC(C)(C)OC(=O)N(Cc1ccccc1)C1CC(C(C)(CCCCB2OC(C)(C)C(C)(C)O2)C(C)(C)C)C1. The Balaban J connectivity index is 1.62. The molecule has 3 rings (SSSR count). The standard InChI is InChI=1S/C32H54BNO4/c1-28(2,3)32(11,19-15-16-20-33-37-30(7,8)31(9,10)38-33)25-21-26(22-25)34(27(35)36-29(4,5)6)23-24-17-13-12-14-18-24/h12-14,17-18,25-26H,15-16,19-23H2,1-11H3. The minimum atomic E-state index is -0.508. The van der Waals surface area contributed by atoms with Crippen molar-refractivity contribution < 1.29 is 18.8 Å². The highest BCUT2D eigenvalue weighted by atomic mass is 16.7. The Bertz CT molecular complexity index is 911. The van der Waals surface area contributed by atoms with Gasteiger partial charge in [-0.25, -0.2) is 4.79 Å². The maximum atomic E-state index is 13.3. The first kappa shape index (κ1) is 31.0. The monoisotopic (exact) mass is 527 g/mol. The van der Waals surface area contributed by atoms with Crippen molar-refractivity contribution in [1.82, 2.24) is 4.90 Å². The zero-order chi connectivity index (χ0) is 28.6. The van der Waals surface area contributed by atoms with Crippen molar-refractivity contribution in [2.75, 3.05) is 0 Å². The lowest BCUT2D eigenvalue weighted by Crippen LogP contribution is -2.55. The number of nitrogens with zero attached hydrogens (tertiary/aromatic N) is 1. The van der Waals surface area contributed by atoms with Crippen LogP contribution in [0.3, 0.4) is 0 Å². The van der Waals surface area contributed by atoms with Crippen molar-refractivity contribution in [3.8, 4) is 0 Å². The van der Waals surface area contributed by atoms with Gasteiger partial charge in [-0.3, -0.25) is 0 Å². The third-order valence-electron chi connectivity index (χ3n) is 9.68. The van der Waals surface area contributed by atoms with Gasteiger partial charge < -0.3 is 18.9 Å². The van der Waals surface area contributed by atoms with E-state index in [9.17, 15) is 4.79 Å². The number of rotatable bonds is 9. The molecule has 1 saturated carbocycles. The van der Waals surface area contributed by atoms with Gasteiger partial charge in [-0.15, -0.1) is 0 Å². The molecular formula is C32H54BNO4. The quantitative estimate of drug-likeness (QED) is 0.239. The molecule has 0 bridgehead atoms. The molecule has 5 nitrogen and oxygen atoms in total. The lowest BCUT2D eigenvalue weighted by atomic mass is 9.52. The summed E-state index contributed by atoms with van der Waals surface area (Å²) in [6.07, 6.45) is 6.19. The molecule has 1 unspecified atom stereocenters. The van der Waals surface area contributed by atoms with Gasteiger partial charge in [-0.2, -0.15) is 0 Å². The molecule has 1 aliphatic heterocycles. The molecule has 1 aromatic rings. The number of ether oxygens (including phenoxy) is 1. The number of carbonyl (C=O) groups excluding carboxylic acids is 1. The van der Waals surface area contributed by atoms with Gasteiger partial charge in [0.25, 0.3) is 0 Å². The Morgan fingerprint density at radius 1 is 0.947 bits per heavy atom. The van der Waals surface area contributed by atoms with Gasteiger partial charge in [0.05, 0.1) is 11.2 Å². The van der Waals surface area contributed by atoms with Gasteiger partial charge in [0.1, 0.15) is 5.60 Å². The largest absolute Gasteiger partial charge is 0.457 e. The summed E-state index contributed by atoms with van der Waals surface area (Å²) in [6.45, 7) is 24.5. The maximum absolute atomic E-state index is 13.3. The van der Waals surface area contributed by atoms with Crippen molar-refractivity contribution in [2.24, 2.45) is 16.7 Å². The van der Waals surface area contributed by atoms with Crippen LogP contribution in [0.4, 0.5) is 4.79 Å². The molecule has 6 heteroatoms. The summed E-state index contributed by atoms with van der Waals surface area (Å²) in [7, 11) is -0.116. The minimum Gasteiger partial charge on any atom is -0.444 e. The molecule has 2 fully saturated rings. The summed E-state index contributed by atoms with van der Waals surface area (Å²) in [5.41, 5.74) is 0.459. The smallest absolute Gasteiger partial charge is 0.444 e. The van der Waals surface area contributed by atoms with E-state index in [0.717, 1.165) is 37.6 Å². The highest BCUT2D eigenvalue weighted by molar-refractivity contribution is 6.45. The van der Waals surface area contributed by atoms with Crippen LogP contribution in [0.5, 0.6) is 0 Å². The maximum Gasteiger partial charge on any atom is 0.457 e. The predicted octanol–water partition coefficient (Wildman–Crippen LogP) is 8.52. The van der Waals surface area contributed by atoms with E-state index in [2.05, 4.69) is 67.5 Å². The predicted molar refractivity (Wildman–Crippen MR) is 157 cm³/mol. The van der Waals surface area contributed by atoms with Gasteiger partial charge >= 0.3 is 13.2 Å². The van der Waals surface area contributed by atoms with Crippen molar-refractivity contribution in [2.45, 2.75) is 144 Å². The van der Waals surface area contributed by atoms with Gasteiger partial charge in [0, 0.05) is 12.6 Å². The van der Waals surface area contributed by atoms with Crippen LogP contribution in [0.25, 0.3) is 0 Å². The summed E-state index contributed by atoms with van der Waals surface area (Å²) in [4.78, 5) is 15.2. The zero-order valence-electron chi connectivity index (χ0n) is 26.1. The first-order valence-electron chi connectivity index (χ1n) is 14.7. The molecule has 2 aliphatic rings. The highest BCUT2D eigenvalue weighted by Gasteiger charge is 2.52. The van der Waals surface area contributed by atoms with Gasteiger partial charge in [-0.05, 0) is 96.4 Å². The average Bonchev–Trinajstić information content (AvgIpc) is 2.94. The molecule has 1 atom stereocenters. The van der Waals surface area contributed by atoms with E-state index in [1.165, 1.54) is 6.42 Å². The minimum absolute atomic E-state index is 0.116. The normalized spacial score (nSPS) is 24.4. The Morgan fingerprint density at radius 2 is 1.50 bits per heavy atom. The van der Waals surface area contributed by atoms with Crippen molar-refractivity contribution in [1.29, 1.82) is 0 Å². The van der Waals surface area contributed by atoms with E-state index < -0.39 is 5.60 Å². The Morgan fingerprint density at radius 3 is 2.00 bits per heavy atom. The second-order valence-corrected chi connectivity index (χ2v) is 15.0. The molecule has 1 heterocycles. The Hall–Kier alpha value is -1.53. The molecular weight excluding hydrogens is 473 g/mol. The second-order valence-electron chi connectivity index (χ2n) is 15.0. The Labute approximate surface area is 233 Å². The average molecular weight is 528 g/mol. The third-order valence-corrected chi connectivity index (χ3v) is 9.68. The van der Waals surface area contributed by atoms with Crippen molar-refractivity contribution in [3.63, 3.8) is 0 Å². The number of benzene rings is 1. The summed E-state index contributed by atoms with van der Waals surface area (Å²) in [5.74, 6) is 0.574. The van der Waals surface area contributed by atoms with Crippen LogP contribution in [-0.4, -0.2) is 41.0 Å². The molecule has 0 N–H and O–H groups in total. The summed E-state index contributed by atoms with van der Waals surface area (Å²) in [6, 6.07) is 10.5. The first-order valence-corrected chi connectivity index (χ1v) is 14.7. The molecule has 0 spiro atoms. The molecule has 1 saturated heterocycles. The van der Waals surface area contributed by atoms with Crippen LogP contribution >= 0.6 is 0 Å². The fraction of sp³-hybridized carbons (Fsp3) is 0.781. The van der Waals surface area contributed by atoms with Gasteiger partial charge in [0.15, 0.2) is 0 Å². The summed E-state index contributed by atoms with van der Waals surface area (Å²) >= 11 is 0. The molecule has 1 aliphatic carbocycles. The first-order chi connectivity index (χ1) is 17.3. The number of hydrogen-bond acceptors (Lipinski definition) is 4. The van der Waals surface area contributed by atoms with Crippen LogP contribution in [0.2, 0.25) is 6.32 Å². The van der Waals surface area contributed by atoms with E-state index in [0.29, 0.717) is 12.5 Å². The number of amides is 1. The Kier molecular flexibility index (Phi) is 9.10. The van der Waals surface area contributed by atoms with Crippen LogP contribution in [0, 0.1) is 16.7 Å². The van der Waals surface area contributed by atoms with E-state index in [-0.39, 0.29) is 41.3 Å². The molecule has 0 radical (unpaired) electrons. The van der Waals surface area contributed by atoms with E-state index in [1.54, 1.807) is 0 Å². The van der Waals surface area contributed by atoms with Crippen LogP contribution in [0.15, 0.2) is 30.3 Å². The van der Waals surface area contributed by atoms with E-state index >= 15 is 0 Å². The third kappa shape index (κ3) is 7.16. The topological polar surface area (TPSA) is 48.0 Å². The van der Waals surface area contributed by atoms with Crippen molar-refractivity contribution in [3.05, 3.63) is 35.9 Å². The van der Waals surface area contributed by atoms with Crippen molar-refractivity contribution >= 4 is 13.2 Å². The van der Waals surface area contributed by atoms with Gasteiger partial charge in [0.2, 0.25) is 0 Å². The van der Waals surface area contributed by atoms with Crippen LogP contribution in [0.1, 0.15) is 114 Å². The van der Waals surface area contributed by atoms with E-state index in [1.807, 2.05) is 43.9 Å². The zero-order valence-corrected chi connectivity index (χ0v) is 26.1. The lowest BCUT2D eigenvalue weighted by Gasteiger charge is -2.56. The second kappa shape index (κ2) is 11.2. The molecule has 1 amide bonds. The van der Waals surface area contributed by atoms with Crippen LogP contribution < -0.4 is 0 Å². The molecule has 38 heavy (non-hydrogen) atoms. The lowest BCUT2D eigenvalue weighted by molar-refractivity contribution is -0.0668. The molecule has 1 aromatic carbocycles. The van der Waals surface area contributed by atoms with Crippen LogP contribution in [-0.2, 0) is 20.6 Å². The number of hydrogen-bond donors (Lipinski definition) is 0. The summed E-state index contributed by atoms with van der Waals surface area (Å²) < 4.78 is 18.3. The number of unbranched alkanes of at least 4 members (excludes halogenated alkanes) is 1. The highest BCUT2D eigenvalue weighted by Crippen LogP contribution is 2.56. The van der Waals surface area contributed by atoms with E-state index in [4.69, 9.17) is 14.0 Å². The molecule has 214 valence electrons. The van der Waals surface area contributed by atoms with Gasteiger partial charge in [-0.1, -0.05) is 70.9 Å². The number of carbonyl (C=O) groups is 1. The fourth-order valence-corrected chi connectivity index (χ4v) is 5.88.